The lowest BCUT2D eigenvalue weighted by Crippen LogP contribution is -2.47. The van der Waals surface area contributed by atoms with Gasteiger partial charge in [0.1, 0.15) is 0 Å². The van der Waals surface area contributed by atoms with Gasteiger partial charge in [-0.25, -0.2) is 0 Å². The second-order valence-electron chi connectivity index (χ2n) is 9.54. The number of nitrogens with zero attached hydrogens (tertiary/aromatic N) is 3. The Morgan fingerprint density at radius 1 is 0.829 bits per heavy atom. The number of amides is 2. The largest absolute Gasteiger partial charge is 0.356 e. The van der Waals surface area contributed by atoms with Crippen molar-refractivity contribution in [2.45, 2.75) is 38.1 Å². The van der Waals surface area contributed by atoms with Crippen LogP contribution in [0.2, 0.25) is 0 Å². The molecule has 0 aliphatic carbocycles. The first kappa shape index (κ1) is 25.1. The van der Waals surface area contributed by atoms with Gasteiger partial charge in [-0.05, 0) is 49.4 Å². The van der Waals surface area contributed by atoms with E-state index in [1.165, 1.54) is 5.56 Å². The van der Waals surface area contributed by atoms with Gasteiger partial charge in [-0.15, -0.1) is 0 Å². The Bertz CT molecular complexity index is 963. The van der Waals surface area contributed by atoms with Gasteiger partial charge in [-0.3, -0.25) is 19.4 Å². The summed E-state index contributed by atoms with van der Waals surface area (Å²) in [5.74, 6) is 0.116. The fraction of sp³-hybridized carbons (Fsp3) is 0.448. The monoisotopic (exact) mass is 474 g/mol. The molecule has 6 nitrogen and oxygen atoms in total. The highest BCUT2D eigenvalue weighted by atomic mass is 16.2. The average molecular weight is 475 g/mol. The van der Waals surface area contributed by atoms with Gasteiger partial charge >= 0.3 is 0 Å². The quantitative estimate of drug-likeness (QED) is 0.685. The smallest absolute Gasteiger partial charge is 0.246 e. The van der Waals surface area contributed by atoms with Crippen molar-refractivity contribution in [2.24, 2.45) is 0 Å². The molecule has 35 heavy (non-hydrogen) atoms. The first-order chi connectivity index (χ1) is 17.2. The normalized spacial score (nSPS) is 24.9. The number of carbonyl (C=O) groups excluding carboxylic acids is 2. The van der Waals surface area contributed by atoms with E-state index in [0.717, 1.165) is 64.1 Å². The van der Waals surface area contributed by atoms with E-state index in [1.807, 2.05) is 47.4 Å². The molecule has 2 aromatic carbocycles. The molecule has 0 spiro atoms. The van der Waals surface area contributed by atoms with Crippen LogP contribution in [-0.2, 0) is 9.59 Å². The summed E-state index contributed by atoms with van der Waals surface area (Å²) >= 11 is 0. The van der Waals surface area contributed by atoms with Gasteiger partial charge in [-0.2, -0.15) is 0 Å². The van der Waals surface area contributed by atoms with Crippen LogP contribution in [0.25, 0.3) is 6.08 Å². The van der Waals surface area contributed by atoms with Crippen LogP contribution in [0.3, 0.4) is 0 Å². The zero-order valence-corrected chi connectivity index (χ0v) is 20.6. The number of benzene rings is 2. The molecule has 2 aliphatic heterocycles. The topological polar surface area (TPSA) is 55.9 Å². The predicted molar refractivity (Wildman–Crippen MR) is 140 cm³/mol. The number of hydrogen-bond donors (Lipinski definition) is 1. The van der Waals surface area contributed by atoms with E-state index in [-0.39, 0.29) is 17.9 Å². The molecular formula is C29H38N4O2. The lowest BCUT2D eigenvalue weighted by molar-refractivity contribution is -0.126. The third-order valence-electron chi connectivity index (χ3n) is 6.91. The van der Waals surface area contributed by atoms with Crippen LogP contribution in [0.1, 0.15) is 49.3 Å². The minimum atomic E-state index is 0.0396. The highest BCUT2D eigenvalue weighted by molar-refractivity contribution is 5.91. The maximum atomic E-state index is 12.9. The molecule has 2 saturated heterocycles. The van der Waals surface area contributed by atoms with Crippen molar-refractivity contribution >= 4 is 17.9 Å². The summed E-state index contributed by atoms with van der Waals surface area (Å²) in [6.07, 6.45) is 7.92. The molecule has 3 atom stereocenters. The maximum absolute atomic E-state index is 12.9. The van der Waals surface area contributed by atoms with Crippen LogP contribution in [0.15, 0.2) is 66.7 Å². The first-order valence-electron chi connectivity index (χ1n) is 13.0. The molecule has 0 aromatic heterocycles. The molecule has 2 aliphatic rings. The van der Waals surface area contributed by atoms with Crippen molar-refractivity contribution in [3.05, 3.63) is 77.9 Å². The molecule has 2 bridgehead atoms. The standard InChI is InChI=1S/C29H38N4O2/c34-28-23-27(26-13-5-2-6-14-26)33-22-10-19-31(24-33)18-7-8-20-32(21-9-17-30-28)29(35)16-15-25-11-3-1-4-12-25/h1-6,11-16,27H,7-10,17-24H2,(H,30,34)/b16-15-/t27-/m1/s1. The number of fused-ring (bicyclic) bond motifs is 2. The second-order valence-corrected chi connectivity index (χ2v) is 9.54. The summed E-state index contributed by atoms with van der Waals surface area (Å²) in [6, 6.07) is 20.4. The van der Waals surface area contributed by atoms with Gasteiger partial charge in [0.2, 0.25) is 11.8 Å². The Labute approximate surface area is 209 Å². The first-order valence-corrected chi connectivity index (χ1v) is 13.0. The fourth-order valence-corrected chi connectivity index (χ4v) is 5.02. The molecular weight excluding hydrogens is 436 g/mol. The van der Waals surface area contributed by atoms with Gasteiger partial charge in [0.05, 0.1) is 6.67 Å². The summed E-state index contributed by atoms with van der Waals surface area (Å²) in [7, 11) is 0. The van der Waals surface area contributed by atoms with Crippen molar-refractivity contribution < 1.29 is 9.59 Å². The minimum absolute atomic E-state index is 0.0396. The van der Waals surface area contributed by atoms with Gasteiger partial charge in [0.15, 0.2) is 0 Å². The Balaban J connectivity index is 1.42. The van der Waals surface area contributed by atoms with Crippen molar-refractivity contribution in [3.63, 3.8) is 0 Å². The summed E-state index contributed by atoms with van der Waals surface area (Å²) in [4.78, 5) is 32.7. The third-order valence-corrected chi connectivity index (χ3v) is 6.91. The fourth-order valence-electron chi connectivity index (χ4n) is 5.02. The zero-order valence-electron chi connectivity index (χ0n) is 20.6. The van der Waals surface area contributed by atoms with Crippen LogP contribution in [0.4, 0.5) is 0 Å². The average Bonchev–Trinajstić information content (AvgIpc) is 2.90. The Hall–Kier alpha value is -2.96. The summed E-state index contributed by atoms with van der Waals surface area (Å²) in [6.45, 7) is 5.98. The van der Waals surface area contributed by atoms with Crippen LogP contribution in [0.5, 0.6) is 0 Å². The number of hydrogen-bond acceptors (Lipinski definition) is 4. The third kappa shape index (κ3) is 7.77. The van der Waals surface area contributed by atoms with Crippen LogP contribution >= 0.6 is 0 Å². The maximum Gasteiger partial charge on any atom is 0.246 e. The van der Waals surface area contributed by atoms with Gasteiger partial charge in [0, 0.05) is 51.3 Å². The molecule has 2 unspecified atom stereocenters. The van der Waals surface area contributed by atoms with Gasteiger partial charge in [0.25, 0.3) is 0 Å². The Morgan fingerprint density at radius 3 is 2.31 bits per heavy atom. The van der Waals surface area contributed by atoms with Gasteiger partial charge in [-0.1, -0.05) is 60.7 Å². The molecule has 0 radical (unpaired) electrons. The molecule has 186 valence electrons. The number of nitrogens with one attached hydrogen (secondary N) is 1. The van der Waals surface area contributed by atoms with Crippen LogP contribution in [0, 0.1) is 0 Å². The van der Waals surface area contributed by atoms with Crippen molar-refractivity contribution in [1.82, 2.24) is 20.0 Å². The summed E-state index contributed by atoms with van der Waals surface area (Å²) in [5.41, 5.74) is 2.23. The lowest BCUT2D eigenvalue weighted by Gasteiger charge is -2.40. The molecule has 6 heteroatoms. The minimum Gasteiger partial charge on any atom is -0.356 e. The van der Waals surface area contributed by atoms with E-state index in [4.69, 9.17) is 0 Å². The molecule has 2 fully saturated rings. The van der Waals surface area contributed by atoms with Crippen LogP contribution in [-0.4, -0.2) is 72.5 Å². The lowest BCUT2D eigenvalue weighted by atomic mass is 10.0. The second kappa shape index (κ2) is 13.2. The highest BCUT2D eigenvalue weighted by Gasteiger charge is 2.27. The zero-order chi connectivity index (χ0) is 24.3. The predicted octanol–water partition coefficient (Wildman–Crippen LogP) is 3.93. The molecule has 4 rings (SSSR count). The van der Waals surface area contributed by atoms with E-state index in [1.54, 1.807) is 6.08 Å². The van der Waals surface area contributed by atoms with E-state index >= 15 is 0 Å². The molecule has 2 heterocycles. The number of carbonyl (C=O) groups is 2. The highest BCUT2D eigenvalue weighted by Crippen LogP contribution is 2.27. The summed E-state index contributed by atoms with van der Waals surface area (Å²) in [5, 5.41) is 3.11. The molecule has 2 amide bonds. The van der Waals surface area contributed by atoms with E-state index in [9.17, 15) is 9.59 Å². The van der Waals surface area contributed by atoms with Gasteiger partial charge < -0.3 is 10.2 Å². The van der Waals surface area contributed by atoms with Crippen LogP contribution < -0.4 is 5.32 Å². The van der Waals surface area contributed by atoms with Crippen molar-refractivity contribution in [2.75, 3.05) is 45.9 Å². The number of rotatable bonds is 3. The SMILES string of the molecule is O=C1C[C@H](c2ccccc2)N2CCCN(CCCCN(C(=O)/C=C\c3ccccc3)CCCN1)C2. The van der Waals surface area contributed by atoms with E-state index < -0.39 is 0 Å². The summed E-state index contributed by atoms with van der Waals surface area (Å²) < 4.78 is 0. The molecule has 0 saturated carbocycles. The van der Waals surface area contributed by atoms with Crippen molar-refractivity contribution in [1.29, 1.82) is 0 Å². The molecule has 1 N–H and O–H groups in total. The van der Waals surface area contributed by atoms with Crippen molar-refractivity contribution in [3.8, 4) is 0 Å². The van der Waals surface area contributed by atoms with E-state index in [2.05, 4.69) is 39.4 Å². The Kier molecular flexibility index (Phi) is 9.49. The molecule has 2 aromatic rings. The van der Waals surface area contributed by atoms with E-state index in [0.29, 0.717) is 19.5 Å². The Morgan fingerprint density at radius 2 is 1.51 bits per heavy atom.